The van der Waals surface area contributed by atoms with Crippen LogP contribution in [0.15, 0.2) is 24.3 Å². The summed E-state index contributed by atoms with van der Waals surface area (Å²) in [5, 5.41) is 0. The molecule has 2 heteroatoms. The van der Waals surface area contributed by atoms with Crippen molar-refractivity contribution in [2.24, 2.45) is 5.73 Å². The maximum atomic E-state index is 10.5. The third-order valence-corrected chi connectivity index (χ3v) is 2.04. The fraction of sp³-hybridized carbons (Fsp3) is 0.250. The minimum absolute atomic E-state index is 0.299. The Morgan fingerprint density at radius 1 is 1.43 bits per heavy atom. The summed E-state index contributed by atoms with van der Waals surface area (Å²) in [5.41, 5.74) is 8.62. The van der Waals surface area contributed by atoms with Crippen molar-refractivity contribution in [3.8, 4) is 0 Å². The summed E-state index contributed by atoms with van der Waals surface area (Å²) < 4.78 is 0. The number of hydrogen-bond donors (Lipinski definition) is 1. The second-order valence-electron chi connectivity index (χ2n) is 3.43. The number of hydrogen-bond acceptors (Lipinski definition) is 1. The predicted octanol–water partition coefficient (Wildman–Crippen LogP) is 2.19. The molecule has 1 aromatic carbocycles. The topological polar surface area (TPSA) is 43.1 Å². The van der Waals surface area contributed by atoms with E-state index in [1.807, 2.05) is 12.1 Å². The van der Waals surface area contributed by atoms with Crippen LogP contribution in [0.2, 0.25) is 0 Å². The first kappa shape index (κ1) is 10.5. The number of nitrogens with two attached hydrogens (primary N) is 1. The van der Waals surface area contributed by atoms with Gasteiger partial charge in [0.1, 0.15) is 0 Å². The molecule has 0 spiro atoms. The van der Waals surface area contributed by atoms with Crippen molar-refractivity contribution in [3.63, 3.8) is 0 Å². The van der Waals surface area contributed by atoms with Gasteiger partial charge in [0.25, 0.3) is 0 Å². The Hall–Kier alpha value is -1.57. The highest BCUT2D eigenvalue weighted by Gasteiger charge is 1.94. The Bertz CT molecular complexity index is 367. The van der Waals surface area contributed by atoms with E-state index in [0.717, 1.165) is 5.56 Å². The lowest BCUT2D eigenvalue weighted by Crippen LogP contribution is -2.07. The second kappa shape index (κ2) is 4.61. The maximum absolute atomic E-state index is 10.5. The van der Waals surface area contributed by atoms with Gasteiger partial charge in [-0.25, -0.2) is 0 Å². The van der Waals surface area contributed by atoms with Gasteiger partial charge in [0.15, 0.2) is 0 Å². The van der Waals surface area contributed by atoms with Crippen LogP contribution in [0.25, 0.3) is 6.08 Å². The van der Waals surface area contributed by atoms with E-state index in [0.29, 0.717) is 6.42 Å². The molecule has 1 rings (SSSR count). The Labute approximate surface area is 84.4 Å². The van der Waals surface area contributed by atoms with Crippen molar-refractivity contribution in [1.29, 1.82) is 0 Å². The van der Waals surface area contributed by atoms with Crippen LogP contribution in [0.4, 0.5) is 0 Å². The molecule has 2 N–H and O–H groups in total. The van der Waals surface area contributed by atoms with Gasteiger partial charge in [-0.3, -0.25) is 4.79 Å². The average molecular weight is 189 g/mol. The van der Waals surface area contributed by atoms with E-state index < -0.39 is 0 Å². The van der Waals surface area contributed by atoms with E-state index in [4.69, 9.17) is 5.73 Å². The molecule has 0 saturated carbocycles. The molecule has 0 aromatic heterocycles. The zero-order valence-electron chi connectivity index (χ0n) is 8.58. The normalized spacial score (nSPS) is 10.7. The van der Waals surface area contributed by atoms with Crippen LogP contribution in [-0.2, 0) is 4.79 Å². The molecule has 0 bridgehead atoms. The molecule has 2 nitrogen and oxygen atoms in total. The summed E-state index contributed by atoms with van der Waals surface area (Å²) in [6.07, 6.45) is 4.02. The van der Waals surface area contributed by atoms with Crippen molar-refractivity contribution in [1.82, 2.24) is 0 Å². The molecule has 14 heavy (non-hydrogen) atoms. The Kier molecular flexibility index (Phi) is 3.46. The standard InChI is InChI=1S/C12H15NO/c1-9-6-7-11(10(2)8-9)4-3-5-12(13)14/h3-4,6-8H,5H2,1-2H3,(H2,13,14). The molecule has 0 aliphatic carbocycles. The van der Waals surface area contributed by atoms with Crippen LogP contribution in [0.1, 0.15) is 23.1 Å². The average Bonchev–Trinajstić information content (AvgIpc) is 2.08. The molecule has 1 amide bonds. The maximum Gasteiger partial charge on any atom is 0.221 e. The number of primary amides is 1. The number of carbonyl (C=O) groups excluding carboxylic acids is 1. The van der Waals surface area contributed by atoms with Gasteiger partial charge in [-0.2, -0.15) is 0 Å². The highest BCUT2D eigenvalue weighted by Crippen LogP contribution is 2.12. The molecule has 74 valence electrons. The van der Waals surface area contributed by atoms with Crippen LogP contribution < -0.4 is 5.73 Å². The van der Waals surface area contributed by atoms with Gasteiger partial charge in [0.05, 0.1) is 0 Å². The number of rotatable bonds is 3. The summed E-state index contributed by atoms with van der Waals surface area (Å²) in [7, 11) is 0. The van der Waals surface area contributed by atoms with Crippen molar-refractivity contribution in [3.05, 3.63) is 41.0 Å². The molecule has 0 aliphatic heterocycles. The van der Waals surface area contributed by atoms with Crippen LogP contribution >= 0.6 is 0 Å². The van der Waals surface area contributed by atoms with Crippen LogP contribution in [-0.4, -0.2) is 5.91 Å². The van der Waals surface area contributed by atoms with Gasteiger partial charge in [-0.1, -0.05) is 35.9 Å². The van der Waals surface area contributed by atoms with E-state index in [1.165, 1.54) is 11.1 Å². The second-order valence-corrected chi connectivity index (χ2v) is 3.43. The van der Waals surface area contributed by atoms with Crippen molar-refractivity contribution in [2.75, 3.05) is 0 Å². The zero-order valence-corrected chi connectivity index (χ0v) is 8.58. The Balaban J connectivity index is 2.76. The number of benzene rings is 1. The quantitative estimate of drug-likeness (QED) is 0.778. The van der Waals surface area contributed by atoms with Gasteiger partial charge < -0.3 is 5.73 Å². The van der Waals surface area contributed by atoms with E-state index in [1.54, 1.807) is 6.08 Å². The first-order valence-electron chi connectivity index (χ1n) is 4.61. The lowest BCUT2D eigenvalue weighted by Gasteiger charge is -2.00. The van der Waals surface area contributed by atoms with E-state index >= 15 is 0 Å². The van der Waals surface area contributed by atoms with Crippen molar-refractivity contribution < 1.29 is 4.79 Å². The SMILES string of the molecule is Cc1ccc(C=CCC(N)=O)c(C)c1. The number of amides is 1. The largest absolute Gasteiger partial charge is 0.369 e. The first-order chi connectivity index (χ1) is 6.59. The zero-order chi connectivity index (χ0) is 10.6. The van der Waals surface area contributed by atoms with Gasteiger partial charge in [-0.15, -0.1) is 0 Å². The fourth-order valence-corrected chi connectivity index (χ4v) is 1.31. The summed E-state index contributed by atoms with van der Waals surface area (Å²) in [5.74, 6) is -0.300. The van der Waals surface area contributed by atoms with Gasteiger partial charge in [0.2, 0.25) is 5.91 Å². The summed E-state index contributed by atoms with van der Waals surface area (Å²) in [6, 6.07) is 6.21. The highest BCUT2D eigenvalue weighted by atomic mass is 16.1. The molecule has 0 unspecified atom stereocenters. The third-order valence-electron chi connectivity index (χ3n) is 2.04. The third kappa shape index (κ3) is 3.05. The van der Waals surface area contributed by atoms with Gasteiger partial charge in [-0.05, 0) is 25.0 Å². The highest BCUT2D eigenvalue weighted by molar-refractivity contribution is 5.76. The molecule has 0 fully saturated rings. The molecule has 1 aromatic rings. The van der Waals surface area contributed by atoms with Crippen LogP contribution in [0, 0.1) is 13.8 Å². The minimum Gasteiger partial charge on any atom is -0.369 e. The molecule has 0 saturated heterocycles. The van der Waals surface area contributed by atoms with E-state index in [9.17, 15) is 4.79 Å². The summed E-state index contributed by atoms with van der Waals surface area (Å²) in [4.78, 5) is 10.5. The Morgan fingerprint density at radius 3 is 2.71 bits per heavy atom. The molecular weight excluding hydrogens is 174 g/mol. The fourth-order valence-electron chi connectivity index (χ4n) is 1.31. The Morgan fingerprint density at radius 2 is 2.14 bits per heavy atom. The monoisotopic (exact) mass is 189 g/mol. The molecule has 0 atom stereocenters. The summed E-state index contributed by atoms with van der Waals surface area (Å²) in [6.45, 7) is 4.11. The summed E-state index contributed by atoms with van der Waals surface area (Å²) >= 11 is 0. The van der Waals surface area contributed by atoms with Crippen molar-refractivity contribution >= 4 is 12.0 Å². The van der Waals surface area contributed by atoms with Crippen LogP contribution in [0.5, 0.6) is 0 Å². The van der Waals surface area contributed by atoms with Gasteiger partial charge in [0, 0.05) is 6.42 Å². The first-order valence-corrected chi connectivity index (χ1v) is 4.61. The number of carbonyl (C=O) groups is 1. The van der Waals surface area contributed by atoms with Crippen LogP contribution in [0.3, 0.4) is 0 Å². The molecule has 0 heterocycles. The lowest BCUT2D eigenvalue weighted by atomic mass is 10.1. The molecule has 0 radical (unpaired) electrons. The smallest absolute Gasteiger partial charge is 0.221 e. The number of aryl methyl sites for hydroxylation is 2. The molecule has 0 aliphatic rings. The predicted molar refractivity (Wildman–Crippen MR) is 58.8 cm³/mol. The van der Waals surface area contributed by atoms with Crippen molar-refractivity contribution in [2.45, 2.75) is 20.3 Å². The lowest BCUT2D eigenvalue weighted by molar-refractivity contribution is -0.117. The minimum atomic E-state index is -0.300. The van der Waals surface area contributed by atoms with E-state index in [2.05, 4.69) is 26.0 Å². The van der Waals surface area contributed by atoms with Gasteiger partial charge >= 0.3 is 0 Å². The van der Waals surface area contributed by atoms with E-state index in [-0.39, 0.29) is 5.91 Å². The molecular formula is C12H15NO.